The Hall–Kier alpha value is -3.61. The topological polar surface area (TPSA) is 73.2 Å². The van der Waals surface area contributed by atoms with E-state index in [0.29, 0.717) is 22.9 Å². The van der Waals surface area contributed by atoms with E-state index in [9.17, 15) is 9.18 Å². The van der Waals surface area contributed by atoms with Crippen LogP contribution < -0.4 is 5.32 Å². The molecule has 0 aliphatic carbocycles. The maximum atomic E-state index is 13.1. The van der Waals surface area contributed by atoms with Gasteiger partial charge in [0.15, 0.2) is 0 Å². The molecule has 4 rings (SSSR count). The van der Waals surface area contributed by atoms with Gasteiger partial charge in [0.05, 0.1) is 24.1 Å². The molecule has 136 valence electrons. The average molecular weight is 365 g/mol. The molecule has 1 aromatic carbocycles. The molecule has 0 aliphatic heterocycles. The number of nitrogens with one attached hydrogen (secondary N) is 1. The third-order valence-corrected chi connectivity index (χ3v) is 4.14. The molecule has 0 spiro atoms. The van der Waals surface area contributed by atoms with Crippen LogP contribution in [0.25, 0.3) is 22.6 Å². The van der Waals surface area contributed by atoms with Crippen molar-refractivity contribution in [2.45, 2.75) is 6.54 Å². The smallest absolute Gasteiger partial charge is 0.269 e. The lowest BCUT2D eigenvalue weighted by Gasteiger charge is -2.03. The molecule has 0 saturated heterocycles. The number of aromatic nitrogens is 2. The molecule has 0 bridgehead atoms. The summed E-state index contributed by atoms with van der Waals surface area (Å²) < 4.78 is 25.3. The Kier molecular flexibility index (Phi) is 4.33. The molecule has 4 aromatic rings. The predicted octanol–water partition coefficient (Wildman–Crippen LogP) is 4.01. The van der Waals surface area contributed by atoms with Crippen LogP contribution in [-0.4, -0.2) is 15.7 Å². The summed E-state index contributed by atoms with van der Waals surface area (Å²) in [6, 6.07) is 13.1. The third kappa shape index (κ3) is 3.52. The number of halogens is 1. The molecule has 3 heterocycles. The maximum absolute atomic E-state index is 13.1. The van der Waals surface area contributed by atoms with E-state index in [0.717, 1.165) is 11.1 Å². The van der Waals surface area contributed by atoms with Crippen LogP contribution in [0.5, 0.6) is 0 Å². The number of hydrogen-bond acceptors (Lipinski definition) is 4. The molecule has 0 unspecified atom stereocenters. The minimum atomic E-state index is -0.319. The molecule has 3 aromatic heterocycles. The summed E-state index contributed by atoms with van der Waals surface area (Å²) >= 11 is 0. The number of carbonyl (C=O) groups is 1. The van der Waals surface area contributed by atoms with Crippen molar-refractivity contribution in [2.75, 3.05) is 0 Å². The SMILES string of the molecule is Cn1nc(-c2ccc(F)cc2)cc1C(=O)NCc1ccc(-c2ccoc2)o1. The number of carbonyl (C=O) groups excluding carboxylic acids is 1. The zero-order chi connectivity index (χ0) is 18.8. The fourth-order valence-corrected chi connectivity index (χ4v) is 2.73. The van der Waals surface area contributed by atoms with E-state index in [4.69, 9.17) is 8.83 Å². The van der Waals surface area contributed by atoms with Gasteiger partial charge in [0, 0.05) is 12.6 Å². The fraction of sp³-hybridized carbons (Fsp3) is 0.100. The zero-order valence-electron chi connectivity index (χ0n) is 14.5. The van der Waals surface area contributed by atoms with Gasteiger partial charge < -0.3 is 14.2 Å². The molecule has 27 heavy (non-hydrogen) atoms. The fourth-order valence-electron chi connectivity index (χ4n) is 2.73. The van der Waals surface area contributed by atoms with Gasteiger partial charge in [0.25, 0.3) is 5.91 Å². The van der Waals surface area contributed by atoms with Crippen LogP contribution in [0, 0.1) is 5.82 Å². The van der Waals surface area contributed by atoms with Crippen LogP contribution in [0.15, 0.2) is 69.9 Å². The van der Waals surface area contributed by atoms with E-state index in [-0.39, 0.29) is 18.3 Å². The highest BCUT2D eigenvalue weighted by atomic mass is 19.1. The summed E-state index contributed by atoms with van der Waals surface area (Å²) in [5, 5.41) is 7.14. The van der Waals surface area contributed by atoms with Crippen LogP contribution in [0.4, 0.5) is 4.39 Å². The van der Waals surface area contributed by atoms with E-state index >= 15 is 0 Å². The minimum absolute atomic E-state index is 0.244. The van der Waals surface area contributed by atoms with Crippen molar-refractivity contribution in [3.05, 3.63) is 78.3 Å². The van der Waals surface area contributed by atoms with Gasteiger partial charge in [0.2, 0.25) is 0 Å². The Bertz CT molecular complexity index is 1060. The third-order valence-electron chi connectivity index (χ3n) is 4.14. The van der Waals surface area contributed by atoms with Crippen molar-refractivity contribution in [2.24, 2.45) is 7.05 Å². The van der Waals surface area contributed by atoms with Gasteiger partial charge >= 0.3 is 0 Å². The molecule has 6 nitrogen and oxygen atoms in total. The van der Waals surface area contributed by atoms with Gasteiger partial charge in [-0.25, -0.2) is 4.39 Å². The lowest BCUT2D eigenvalue weighted by Crippen LogP contribution is -2.24. The molecule has 1 N–H and O–H groups in total. The Morgan fingerprint density at radius 1 is 1.15 bits per heavy atom. The standard InChI is InChI=1S/C20H16FN3O3/c1-24-18(10-17(23-24)13-2-4-15(21)5-3-13)20(25)22-11-16-6-7-19(27-16)14-8-9-26-12-14/h2-10,12H,11H2,1H3,(H,22,25). The van der Waals surface area contributed by atoms with Crippen molar-refractivity contribution in [1.82, 2.24) is 15.1 Å². The van der Waals surface area contributed by atoms with Gasteiger partial charge in [-0.05, 0) is 48.5 Å². The first-order valence-electron chi connectivity index (χ1n) is 8.29. The van der Waals surface area contributed by atoms with Gasteiger partial charge in [-0.15, -0.1) is 0 Å². The first-order valence-corrected chi connectivity index (χ1v) is 8.29. The van der Waals surface area contributed by atoms with E-state index in [1.54, 1.807) is 49.9 Å². The Balaban J connectivity index is 1.45. The number of nitrogens with zero attached hydrogens (tertiary/aromatic N) is 2. The van der Waals surface area contributed by atoms with Crippen molar-refractivity contribution in [1.29, 1.82) is 0 Å². The molecule has 7 heteroatoms. The second-order valence-corrected chi connectivity index (χ2v) is 6.01. The van der Waals surface area contributed by atoms with Crippen molar-refractivity contribution >= 4 is 5.91 Å². The number of aryl methyl sites for hydroxylation is 1. The Morgan fingerprint density at radius 3 is 2.70 bits per heavy atom. The van der Waals surface area contributed by atoms with Crippen LogP contribution in [0.2, 0.25) is 0 Å². The van der Waals surface area contributed by atoms with Crippen molar-refractivity contribution in [3.8, 4) is 22.6 Å². The highest BCUT2D eigenvalue weighted by Crippen LogP contribution is 2.23. The summed E-state index contributed by atoms with van der Waals surface area (Å²) in [6.45, 7) is 0.244. The number of hydrogen-bond donors (Lipinski definition) is 1. The van der Waals surface area contributed by atoms with Crippen LogP contribution in [-0.2, 0) is 13.6 Å². The van der Waals surface area contributed by atoms with Crippen LogP contribution in [0.1, 0.15) is 16.2 Å². The predicted molar refractivity (Wildman–Crippen MR) is 96.2 cm³/mol. The number of benzene rings is 1. The summed E-state index contributed by atoms with van der Waals surface area (Å²) in [4.78, 5) is 12.5. The lowest BCUT2D eigenvalue weighted by molar-refractivity contribution is 0.0938. The highest BCUT2D eigenvalue weighted by Gasteiger charge is 2.15. The molecule has 0 radical (unpaired) electrons. The molecule has 0 atom stereocenters. The average Bonchev–Trinajstić information content (AvgIpc) is 3.40. The Labute approximate surface area is 154 Å². The van der Waals surface area contributed by atoms with E-state index < -0.39 is 0 Å². The van der Waals surface area contributed by atoms with E-state index in [1.807, 2.05) is 6.07 Å². The van der Waals surface area contributed by atoms with Gasteiger partial charge in [-0.2, -0.15) is 5.10 Å². The van der Waals surface area contributed by atoms with Gasteiger partial charge in [-0.1, -0.05) is 0 Å². The number of rotatable bonds is 5. The maximum Gasteiger partial charge on any atom is 0.269 e. The number of amides is 1. The zero-order valence-corrected chi connectivity index (χ0v) is 14.5. The summed E-state index contributed by atoms with van der Waals surface area (Å²) in [5.74, 6) is 0.702. The summed E-state index contributed by atoms with van der Waals surface area (Å²) in [6.07, 6.45) is 3.16. The molecule has 0 saturated carbocycles. The first kappa shape index (κ1) is 16.8. The van der Waals surface area contributed by atoms with Gasteiger partial charge in [0.1, 0.15) is 29.3 Å². The van der Waals surface area contributed by atoms with E-state index in [1.165, 1.54) is 16.8 Å². The summed E-state index contributed by atoms with van der Waals surface area (Å²) in [7, 11) is 1.69. The number of furan rings is 2. The highest BCUT2D eigenvalue weighted by molar-refractivity contribution is 5.93. The van der Waals surface area contributed by atoms with Crippen molar-refractivity contribution < 1.29 is 18.0 Å². The van der Waals surface area contributed by atoms with Crippen LogP contribution >= 0.6 is 0 Å². The molecular formula is C20H16FN3O3. The normalized spacial score (nSPS) is 10.9. The van der Waals surface area contributed by atoms with Gasteiger partial charge in [-0.3, -0.25) is 9.48 Å². The van der Waals surface area contributed by atoms with Crippen molar-refractivity contribution in [3.63, 3.8) is 0 Å². The monoisotopic (exact) mass is 365 g/mol. The largest absolute Gasteiger partial charge is 0.472 e. The molecular weight excluding hydrogens is 349 g/mol. The molecule has 0 aliphatic rings. The van der Waals surface area contributed by atoms with E-state index in [2.05, 4.69) is 10.4 Å². The molecule has 0 fully saturated rings. The molecule has 1 amide bonds. The van der Waals surface area contributed by atoms with Crippen LogP contribution in [0.3, 0.4) is 0 Å². The summed E-state index contributed by atoms with van der Waals surface area (Å²) in [5.41, 5.74) is 2.57. The minimum Gasteiger partial charge on any atom is -0.472 e. The Morgan fingerprint density at radius 2 is 1.96 bits per heavy atom. The second kappa shape index (κ2) is 6.95. The lowest BCUT2D eigenvalue weighted by atomic mass is 10.1. The second-order valence-electron chi connectivity index (χ2n) is 6.01. The first-order chi connectivity index (χ1) is 13.1. The quantitative estimate of drug-likeness (QED) is 0.580.